The minimum absolute atomic E-state index is 0.396. The second kappa shape index (κ2) is 5.72. The lowest BCUT2D eigenvalue weighted by molar-refractivity contribution is 0.129. The van der Waals surface area contributed by atoms with Gasteiger partial charge in [-0.3, -0.25) is 0 Å². The van der Waals surface area contributed by atoms with Gasteiger partial charge in [0.2, 0.25) is 0 Å². The summed E-state index contributed by atoms with van der Waals surface area (Å²) in [5, 5.41) is 8.76. The Balaban J connectivity index is 1.96. The zero-order valence-corrected chi connectivity index (χ0v) is 11.2. The quantitative estimate of drug-likeness (QED) is 0.799. The molecule has 0 saturated carbocycles. The highest BCUT2D eigenvalue weighted by Gasteiger charge is 2.16. The van der Waals surface area contributed by atoms with Crippen molar-refractivity contribution in [1.82, 2.24) is 0 Å². The Bertz CT molecular complexity index is 410. The van der Waals surface area contributed by atoms with Gasteiger partial charge in [0, 0.05) is 21.7 Å². The Kier molecular flexibility index (Phi) is 4.28. The zero-order chi connectivity index (χ0) is 11.4. The molecule has 1 aliphatic heterocycles. The van der Waals surface area contributed by atoms with Crippen molar-refractivity contribution in [3.63, 3.8) is 0 Å². The Morgan fingerprint density at radius 1 is 1.56 bits per heavy atom. The number of halogens is 1. The summed E-state index contributed by atoms with van der Waals surface area (Å²) < 4.78 is 6.57. The van der Waals surface area contributed by atoms with E-state index in [0.29, 0.717) is 11.7 Å². The number of nitrogens with zero attached hydrogens (tertiary/aromatic N) is 1. The molecule has 0 bridgehead atoms. The number of nitriles is 1. The molecule has 0 amide bonds. The van der Waals surface area contributed by atoms with Gasteiger partial charge in [-0.2, -0.15) is 5.26 Å². The number of thioether (sulfide) groups is 1. The predicted octanol–water partition coefficient (Wildman–Crippen LogP) is 3.59. The molecule has 0 aliphatic carbocycles. The minimum Gasteiger partial charge on any atom is -0.377 e. The molecule has 1 heterocycles. The third-order valence-electron chi connectivity index (χ3n) is 2.51. The van der Waals surface area contributed by atoms with E-state index in [1.165, 1.54) is 17.7 Å². The van der Waals surface area contributed by atoms with Gasteiger partial charge >= 0.3 is 0 Å². The summed E-state index contributed by atoms with van der Waals surface area (Å²) in [6.45, 7) is 0.903. The van der Waals surface area contributed by atoms with Gasteiger partial charge in [-0.15, -0.1) is 11.8 Å². The summed E-state index contributed by atoms with van der Waals surface area (Å²) in [6, 6.07) is 7.83. The Morgan fingerprint density at radius 3 is 3.06 bits per heavy atom. The number of benzene rings is 1. The van der Waals surface area contributed by atoms with Crippen molar-refractivity contribution in [3.05, 3.63) is 28.2 Å². The van der Waals surface area contributed by atoms with Crippen LogP contribution >= 0.6 is 27.7 Å². The van der Waals surface area contributed by atoms with Gasteiger partial charge in [0.25, 0.3) is 0 Å². The molecule has 0 aromatic heterocycles. The minimum atomic E-state index is 0.396. The fourth-order valence-electron chi connectivity index (χ4n) is 1.65. The second-order valence-corrected chi connectivity index (χ2v) is 5.62. The molecule has 0 N–H and O–H groups in total. The van der Waals surface area contributed by atoms with Crippen molar-refractivity contribution in [2.45, 2.75) is 23.8 Å². The highest BCUT2D eigenvalue weighted by atomic mass is 79.9. The predicted molar refractivity (Wildman–Crippen MR) is 68.6 cm³/mol. The van der Waals surface area contributed by atoms with Crippen molar-refractivity contribution in [2.75, 3.05) is 12.4 Å². The van der Waals surface area contributed by atoms with E-state index in [1.807, 2.05) is 18.2 Å². The molecule has 16 heavy (non-hydrogen) atoms. The third-order valence-corrected chi connectivity index (χ3v) is 4.63. The molecule has 1 fully saturated rings. The van der Waals surface area contributed by atoms with Crippen LogP contribution in [0.2, 0.25) is 0 Å². The molecule has 1 aromatic carbocycles. The molecule has 1 unspecified atom stereocenters. The van der Waals surface area contributed by atoms with Crippen LogP contribution < -0.4 is 0 Å². The summed E-state index contributed by atoms with van der Waals surface area (Å²) in [4.78, 5) is 1.18. The van der Waals surface area contributed by atoms with Crippen LogP contribution in [0.1, 0.15) is 18.4 Å². The van der Waals surface area contributed by atoms with Gasteiger partial charge in [0.15, 0.2) is 0 Å². The van der Waals surface area contributed by atoms with Gasteiger partial charge in [-0.1, -0.05) is 0 Å². The van der Waals surface area contributed by atoms with Crippen LogP contribution in [-0.4, -0.2) is 18.5 Å². The van der Waals surface area contributed by atoms with Gasteiger partial charge in [-0.25, -0.2) is 0 Å². The fourth-order valence-corrected chi connectivity index (χ4v) is 3.36. The number of hydrogen-bond donors (Lipinski definition) is 0. The molecule has 1 saturated heterocycles. The van der Waals surface area contributed by atoms with Crippen LogP contribution in [-0.2, 0) is 4.74 Å². The average Bonchev–Trinajstić information content (AvgIpc) is 2.80. The van der Waals surface area contributed by atoms with Crippen molar-refractivity contribution in [3.8, 4) is 6.07 Å². The highest BCUT2D eigenvalue weighted by molar-refractivity contribution is 9.10. The molecule has 84 valence electrons. The topological polar surface area (TPSA) is 33.0 Å². The monoisotopic (exact) mass is 297 g/mol. The first kappa shape index (κ1) is 12.0. The maximum absolute atomic E-state index is 8.76. The van der Waals surface area contributed by atoms with E-state index in [2.05, 4.69) is 22.0 Å². The van der Waals surface area contributed by atoms with Gasteiger partial charge in [0.05, 0.1) is 17.7 Å². The normalized spacial score (nSPS) is 19.6. The first-order valence-electron chi connectivity index (χ1n) is 5.23. The molecular formula is C12H12BrNOS. The van der Waals surface area contributed by atoms with E-state index in [-0.39, 0.29) is 0 Å². The lowest BCUT2D eigenvalue weighted by Crippen LogP contribution is -2.07. The SMILES string of the molecule is N#Cc1ccc(SCC2CCCO2)c(Br)c1. The zero-order valence-electron chi connectivity index (χ0n) is 8.78. The summed E-state index contributed by atoms with van der Waals surface area (Å²) in [5.74, 6) is 0.991. The maximum Gasteiger partial charge on any atom is 0.0992 e. The van der Waals surface area contributed by atoms with Crippen LogP contribution in [0.3, 0.4) is 0 Å². The molecular weight excluding hydrogens is 286 g/mol. The molecule has 1 aliphatic rings. The van der Waals surface area contributed by atoms with Crippen molar-refractivity contribution in [1.29, 1.82) is 5.26 Å². The molecule has 4 heteroatoms. The van der Waals surface area contributed by atoms with Crippen LogP contribution in [0.5, 0.6) is 0 Å². The largest absolute Gasteiger partial charge is 0.377 e. The summed E-state index contributed by atoms with van der Waals surface area (Å²) in [6.07, 6.45) is 2.74. The smallest absolute Gasteiger partial charge is 0.0992 e. The summed E-state index contributed by atoms with van der Waals surface area (Å²) in [5.41, 5.74) is 0.688. The Labute approximate surface area is 108 Å². The highest BCUT2D eigenvalue weighted by Crippen LogP contribution is 2.30. The fraction of sp³-hybridized carbons (Fsp3) is 0.417. The molecule has 0 spiro atoms. The van der Waals surface area contributed by atoms with Gasteiger partial charge in [0.1, 0.15) is 0 Å². The van der Waals surface area contributed by atoms with Gasteiger partial charge < -0.3 is 4.74 Å². The van der Waals surface area contributed by atoms with Crippen molar-refractivity contribution < 1.29 is 4.74 Å². The van der Waals surface area contributed by atoms with Crippen molar-refractivity contribution >= 4 is 27.7 Å². The molecule has 2 nitrogen and oxygen atoms in total. The second-order valence-electron chi connectivity index (χ2n) is 3.70. The summed E-state index contributed by atoms with van der Waals surface area (Å²) >= 11 is 5.27. The molecule has 1 atom stereocenters. The lowest BCUT2D eigenvalue weighted by Gasteiger charge is -2.09. The first-order chi connectivity index (χ1) is 7.79. The third kappa shape index (κ3) is 3.00. The van der Waals surface area contributed by atoms with E-state index in [1.54, 1.807) is 11.8 Å². The molecule has 2 rings (SSSR count). The average molecular weight is 298 g/mol. The Hall–Kier alpha value is -0.500. The van der Waals surface area contributed by atoms with Crippen LogP contribution in [0.4, 0.5) is 0 Å². The first-order valence-corrected chi connectivity index (χ1v) is 7.01. The molecule has 0 radical (unpaired) electrons. The van der Waals surface area contributed by atoms with E-state index < -0.39 is 0 Å². The van der Waals surface area contributed by atoms with Crippen LogP contribution in [0.15, 0.2) is 27.6 Å². The number of ether oxygens (including phenoxy) is 1. The number of rotatable bonds is 3. The van der Waals surface area contributed by atoms with E-state index in [0.717, 1.165) is 16.8 Å². The van der Waals surface area contributed by atoms with Crippen LogP contribution in [0.25, 0.3) is 0 Å². The number of hydrogen-bond acceptors (Lipinski definition) is 3. The van der Waals surface area contributed by atoms with E-state index in [4.69, 9.17) is 10.00 Å². The van der Waals surface area contributed by atoms with Gasteiger partial charge in [-0.05, 0) is 47.0 Å². The van der Waals surface area contributed by atoms with Crippen LogP contribution in [0, 0.1) is 11.3 Å². The standard InChI is InChI=1S/C12H12BrNOS/c13-11-6-9(7-14)3-4-12(11)16-8-10-2-1-5-15-10/h3-4,6,10H,1-2,5,8H2. The summed E-state index contributed by atoms with van der Waals surface area (Å²) in [7, 11) is 0. The van der Waals surface area contributed by atoms with E-state index in [9.17, 15) is 0 Å². The maximum atomic E-state index is 8.76. The Morgan fingerprint density at radius 2 is 2.44 bits per heavy atom. The molecule has 1 aromatic rings. The lowest BCUT2D eigenvalue weighted by atomic mass is 10.2. The van der Waals surface area contributed by atoms with E-state index >= 15 is 0 Å². The van der Waals surface area contributed by atoms with Crippen molar-refractivity contribution in [2.24, 2.45) is 0 Å².